The summed E-state index contributed by atoms with van der Waals surface area (Å²) in [6, 6.07) is 15.6. The Balaban J connectivity index is 1.65. The molecule has 1 aliphatic heterocycles. The largest absolute Gasteiger partial charge is 0.326 e. The van der Waals surface area contributed by atoms with Crippen molar-refractivity contribution in [1.82, 2.24) is 4.90 Å². The number of benzene rings is 2. The van der Waals surface area contributed by atoms with Gasteiger partial charge in [-0.1, -0.05) is 55.4 Å². The molecule has 0 aliphatic carbocycles. The predicted molar refractivity (Wildman–Crippen MR) is 116 cm³/mol. The zero-order valence-electron chi connectivity index (χ0n) is 16.6. The van der Waals surface area contributed by atoms with Crippen LogP contribution in [-0.4, -0.2) is 34.2 Å². The zero-order valence-corrected chi connectivity index (χ0v) is 17.4. The number of amidine groups is 1. The normalized spacial score (nSPS) is 18.2. The number of hydrogen-bond donors (Lipinski definition) is 1. The van der Waals surface area contributed by atoms with E-state index in [0.29, 0.717) is 11.1 Å². The summed E-state index contributed by atoms with van der Waals surface area (Å²) in [5, 5.41) is 3.02. The first-order valence-corrected chi connectivity index (χ1v) is 10.2. The lowest BCUT2D eigenvalue weighted by atomic mass is 10.0. The molecular formula is C22H25N3O2S. The van der Waals surface area contributed by atoms with Gasteiger partial charge < -0.3 is 5.32 Å². The van der Waals surface area contributed by atoms with Crippen LogP contribution < -0.4 is 5.32 Å². The molecule has 6 heteroatoms. The van der Waals surface area contributed by atoms with Gasteiger partial charge in [0, 0.05) is 19.2 Å². The number of aliphatic imine (C=N–C) groups is 1. The number of anilines is 1. The molecule has 0 radical (unpaired) electrons. The van der Waals surface area contributed by atoms with Crippen molar-refractivity contribution in [2.75, 3.05) is 12.4 Å². The van der Waals surface area contributed by atoms with Gasteiger partial charge in [0.2, 0.25) is 11.8 Å². The van der Waals surface area contributed by atoms with Gasteiger partial charge in [-0.2, -0.15) is 0 Å². The van der Waals surface area contributed by atoms with Crippen molar-refractivity contribution in [3.63, 3.8) is 0 Å². The van der Waals surface area contributed by atoms with Crippen molar-refractivity contribution < 1.29 is 9.59 Å². The van der Waals surface area contributed by atoms with Gasteiger partial charge in [0.05, 0.1) is 5.69 Å². The van der Waals surface area contributed by atoms with E-state index >= 15 is 0 Å². The van der Waals surface area contributed by atoms with E-state index in [2.05, 4.69) is 36.3 Å². The molecule has 0 bridgehead atoms. The number of thioether (sulfide) groups is 1. The van der Waals surface area contributed by atoms with Crippen LogP contribution in [-0.2, 0) is 9.59 Å². The number of carbonyl (C=O) groups excluding carboxylic acids is 2. The van der Waals surface area contributed by atoms with E-state index in [-0.39, 0.29) is 18.2 Å². The lowest BCUT2D eigenvalue weighted by Crippen LogP contribution is -2.30. The maximum atomic E-state index is 12.5. The van der Waals surface area contributed by atoms with Gasteiger partial charge in [-0.25, -0.2) is 4.99 Å². The third kappa shape index (κ3) is 4.81. The lowest BCUT2D eigenvalue weighted by molar-refractivity contribution is -0.127. The molecule has 28 heavy (non-hydrogen) atoms. The molecule has 5 nitrogen and oxygen atoms in total. The van der Waals surface area contributed by atoms with E-state index in [1.54, 1.807) is 7.05 Å². The summed E-state index contributed by atoms with van der Waals surface area (Å²) in [5.41, 5.74) is 3.91. The molecule has 0 saturated carbocycles. The number of hydrogen-bond acceptors (Lipinski definition) is 4. The van der Waals surface area contributed by atoms with Crippen molar-refractivity contribution in [1.29, 1.82) is 0 Å². The van der Waals surface area contributed by atoms with Gasteiger partial charge in [0.15, 0.2) is 5.17 Å². The van der Waals surface area contributed by atoms with Gasteiger partial charge in [0.1, 0.15) is 5.25 Å². The topological polar surface area (TPSA) is 61.8 Å². The fourth-order valence-corrected chi connectivity index (χ4v) is 4.01. The predicted octanol–water partition coefficient (Wildman–Crippen LogP) is 4.71. The molecular weight excluding hydrogens is 370 g/mol. The first kappa shape index (κ1) is 20.1. The van der Waals surface area contributed by atoms with Crippen molar-refractivity contribution in [3.05, 3.63) is 59.7 Å². The van der Waals surface area contributed by atoms with Gasteiger partial charge in [-0.3, -0.25) is 14.5 Å². The van der Waals surface area contributed by atoms with E-state index in [9.17, 15) is 9.59 Å². The van der Waals surface area contributed by atoms with Gasteiger partial charge in [0.25, 0.3) is 0 Å². The Morgan fingerprint density at radius 1 is 1.14 bits per heavy atom. The lowest BCUT2D eigenvalue weighted by Gasteiger charge is -2.10. The molecule has 2 aromatic rings. The Morgan fingerprint density at radius 3 is 2.39 bits per heavy atom. The summed E-state index contributed by atoms with van der Waals surface area (Å²) in [5.74, 6) is 0.190. The third-order valence-electron chi connectivity index (χ3n) is 4.63. The summed E-state index contributed by atoms with van der Waals surface area (Å²) >= 11 is 1.34. The molecule has 0 unspecified atom stereocenters. The van der Waals surface area contributed by atoms with E-state index < -0.39 is 5.25 Å². The molecule has 146 valence electrons. The van der Waals surface area contributed by atoms with Crippen molar-refractivity contribution in [2.45, 2.75) is 38.4 Å². The minimum atomic E-state index is -0.455. The molecule has 2 amide bonds. The highest BCUT2D eigenvalue weighted by atomic mass is 32.2. The SMILES string of the molecule is Cc1ccc(NC(=O)C[C@H]2SC(=Nc3ccc(C(C)C)cc3)N(C)C2=O)cc1. The highest BCUT2D eigenvalue weighted by molar-refractivity contribution is 8.15. The number of nitrogens with zero attached hydrogens (tertiary/aromatic N) is 2. The molecule has 1 heterocycles. The summed E-state index contributed by atoms with van der Waals surface area (Å²) in [7, 11) is 1.70. The van der Waals surface area contributed by atoms with Crippen LogP contribution in [0.2, 0.25) is 0 Å². The molecule has 1 saturated heterocycles. The van der Waals surface area contributed by atoms with Gasteiger partial charge in [-0.05, 0) is 42.7 Å². The third-order valence-corrected chi connectivity index (χ3v) is 5.86. The minimum absolute atomic E-state index is 0.0957. The Morgan fingerprint density at radius 2 is 1.79 bits per heavy atom. The molecule has 0 aromatic heterocycles. The van der Waals surface area contributed by atoms with Crippen LogP contribution in [0.15, 0.2) is 53.5 Å². The summed E-state index contributed by atoms with van der Waals surface area (Å²) < 4.78 is 0. The highest BCUT2D eigenvalue weighted by Crippen LogP contribution is 2.31. The average Bonchev–Trinajstić information content (AvgIpc) is 2.92. The second kappa shape index (κ2) is 8.61. The smallest absolute Gasteiger partial charge is 0.242 e. The number of amides is 2. The number of carbonyl (C=O) groups is 2. The summed E-state index contributed by atoms with van der Waals surface area (Å²) in [4.78, 5) is 31.0. The zero-order chi connectivity index (χ0) is 20.3. The highest BCUT2D eigenvalue weighted by Gasteiger charge is 2.37. The molecule has 1 N–H and O–H groups in total. The van der Waals surface area contributed by atoms with Crippen LogP contribution in [0.5, 0.6) is 0 Å². The van der Waals surface area contributed by atoms with Crippen LogP contribution >= 0.6 is 11.8 Å². The summed E-state index contributed by atoms with van der Waals surface area (Å²) in [6.07, 6.45) is 0.118. The van der Waals surface area contributed by atoms with Crippen molar-refractivity contribution in [2.24, 2.45) is 4.99 Å². The Kier molecular flexibility index (Phi) is 6.19. The van der Waals surface area contributed by atoms with Gasteiger partial charge in [-0.15, -0.1) is 0 Å². The Hall–Kier alpha value is -2.60. The molecule has 3 rings (SSSR count). The monoisotopic (exact) mass is 395 g/mol. The number of rotatable bonds is 5. The van der Waals surface area contributed by atoms with Crippen LogP contribution in [0, 0.1) is 6.92 Å². The first-order chi connectivity index (χ1) is 13.3. The summed E-state index contributed by atoms with van der Waals surface area (Å²) in [6.45, 7) is 6.28. The standard InChI is InChI=1S/C22H25N3O2S/c1-14(2)16-7-11-18(12-8-16)24-22-25(4)21(27)19(28-22)13-20(26)23-17-9-5-15(3)6-10-17/h5-12,14,19H,13H2,1-4H3,(H,23,26)/t19-/m1/s1. The molecule has 0 spiro atoms. The quantitative estimate of drug-likeness (QED) is 0.798. The molecule has 1 fully saturated rings. The van der Waals surface area contributed by atoms with Crippen molar-refractivity contribution >= 4 is 40.1 Å². The molecule has 1 aliphatic rings. The van der Waals surface area contributed by atoms with Crippen LogP contribution in [0.3, 0.4) is 0 Å². The van der Waals surface area contributed by atoms with Crippen LogP contribution in [0.4, 0.5) is 11.4 Å². The fourth-order valence-electron chi connectivity index (χ4n) is 2.86. The maximum absolute atomic E-state index is 12.5. The second-order valence-electron chi connectivity index (χ2n) is 7.26. The first-order valence-electron chi connectivity index (χ1n) is 9.33. The minimum Gasteiger partial charge on any atom is -0.326 e. The number of nitrogens with one attached hydrogen (secondary N) is 1. The van der Waals surface area contributed by atoms with E-state index in [0.717, 1.165) is 16.9 Å². The van der Waals surface area contributed by atoms with E-state index in [1.807, 2.05) is 43.3 Å². The second-order valence-corrected chi connectivity index (χ2v) is 8.43. The Bertz CT molecular complexity index is 889. The van der Waals surface area contributed by atoms with Gasteiger partial charge >= 0.3 is 0 Å². The van der Waals surface area contributed by atoms with Crippen LogP contribution in [0.25, 0.3) is 0 Å². The van der Waals surface area contributed by atoms with E-state index in [1.165, 1.54) is 22.2 Å². The van der Waals surface area contributed by atoms with E-state index in [4.69, 9.17) is 0 Å². The van der Waals surface area contributed by atoms with Crippen molar-refractivity contribution in [3.8, 4) is 0 Å². The fraction of sp³-hybridized carbons (Fsp3) is 0.318. The maximum Gasteiger partial charge on any atom is 0.242 e. The molecule has 2 aromatic carbocycles. The molecule has 1 atom stereocenters. The Labute approximate surface area is 170 Å². The number of aryl methyl sites for hydroxylation is 1. The average molecular weight is 396 g/mol. The van der Waals surface area contributed by atoms with Crippen LogP contribution in [0.1, 0.15) is 37.3 Å².